The molecule has 8 nitrogen and oxygen atoms in total. The quantitative estimate of drug-likeness (QED) is 0.341. The van der Waals surface area contributed by atoms with Gasteiger partial charge >= 0.3 is 0 Å². The predicted molar refractivity (Wildman–Crippen MR) is 127 cm³/mol. The fraction of sp³-hybridized carbons (Fsp3) is 0.0870. The number of fused-ring (bicyclic) bond motifs is 1. The largest absolute Gasteiger partial charge is 0.368 e. The Morgan fingerprint density at radius 1 is 0.912 bits per heavy atom. The fourth-order valence-corrected chi connectivity index (χ4v) is 3.63. The Labute approximate surface area is 198 Å². The number of anilines is 1. The third-order valence-electron chi connectivity index (χ3n) is 4.86. The van der Waals surface area contributed by atoms with E-state index >= 15 is 0 Å². The second-order valence-electron chi connectivity index (χ2n) is 7.35. The van der Waals surface area contributed by atoms with Crippen LogP contribution in [0.15, 0.2) is 61.6 Å². The molecule has 5 aromatic rings. The fourth-order valence-electron chi connectivity index (χ4n) is 3.40. The van der Waals surface area contributed by atoms with E-state index in [1.54, 1.807) is 31.6 Å². The number of imidazole rings is 1. The monoisotopic (exact) mass is 480 g/mol. The molecule has 11 heteroatoms. The SMILES string of the molecule is CC(N)c1cc(Cl)cc(-c2cnc(N)nc2)c1-c1cc(F)cc(F)c1.c1ncc2nc[nH]c2n1. The highest BCUT2D eigenvalue weighted by Crippen LogP contribution is 2.39. The average Bonchev–Trinajstić information content (AvgIpc) is 3.28. The van der Waals surface area contributed by atoms with E-state index in [1.165, 1.54) is 30.9 Å². The van der Waals surface area contributed by atoms with Crippen LogP contribution >= 0.6 is 11.6 Å². The van der Waals surface area contributed by atoms with Gasteiger partial charge < -0.3 is 16.5 Å². The first kappa shape index (κ1) is 23.1. The van der Waals surface area contributed by atoms with Crippen LogP contribution in [-0.4, -0.2) is 29.9 Å². The van der Waals surface area contributed by atoms with Crippen molar-refractivity contribution in [2.75, 3.05) is 5.73 Å². The van der Waals surface area contributed by atoms with Crippen molar-refractivity contribution >= 4 is 28.7 Å². The van der Waals surface area contributed by atoms with Gasteiger partial charge in [0.15, 0.2) is 5.65 Å². The number of hydrogen-bond donors (Lipinski definition) is 3. The molecule has 3 aromatic heterocycles. The number of H-pyrrole nitrogens is 1. The molecule has 1 atom stereocenters. The summed E-state index contributed by atoms with van der Waals surface area (Å²) in [5.41, 5.74) is 16.0. The molecule has 0 radical (unpaired) electrons. The summed E-state index contributed by atoms with van der Waals surface area (Å²) >= 11 is 6.23. The Hall–Kier alpha value is -4.02. The normalized spacial score (nSPS) is 11.7. The molecule has 1 unspecified atom stereocenters. The molecule has 0 spiro atoms. The molecule has 0 aliphatic heterocycles. The van der Waals surface area contributed by atoms with E-state index in [2.05, 4.69) is 29.9 Å². The number of benzene rings is 2. The van der Waals surface area contributed by atoms with E-state index in [0.717, 1.165) is 17.2 Å². The van der Waals surface area contributed by atoms with Gasteiger partial charge in [0.25, 0.3) is 0 Å². The van der Waals surface area contributed by atoms with Crippen molar-refractivity contribution in [1.82, 2.24) is 29.9 Å². The molecule has 0 saturated heterocycles. The minimum atomic E-state index is -0.680. The number of aromatic nitrogens is 6. The van der Waals surface area contributed by atoms with E-state index in [1.807, 2.05) is 0 Å². The number of halogens is 3. The second-order valence-corrected chi connectivity index (χ2v) is 7.79. The first-order valence-corrected chi connectivity index (χ1v) is 10.4. The second kappa shape index (κ2) is 9.86. The molecule has 0 aliphatic rings. The molecule has 5 rings (SSSR count). The molecular formula is C23H19ClF2N8. The standard InChI is InChI=1S/C18H15ClF2N4.C5H4N4/c1-9(22)15-4-12(19)5-16(11-7-24-18(23)25-8-11)17(15)10-2-13(20)6-14(21)3-10;1-4-5(8-2-6-1)9-3-7-4/h2-9H,22H2,1H3,(H2,23,24,25);1-3H,(H,6,7,8,9). The van der Waals surface area contributed by atoms with Crippen molar-refractivity contribution in [3.05, 3.63) is 83.8 Å². The maximum absolute atomic E-state index is 13.8. The van der Waals surface area contributed by atoms with Crippen LogP contribution in [0.2, 0.25) is 5.02 Å². The minimum absolute atomic E-state index is 0.122. The van der Waals surface area contributed by atoms with Gasteiger partial charge in [-0.15, -0.1) is 0 Å². The molecule has 5 N–H and O–H groups in total. The summed E-state index contributed by atoms with van der Waals surface area (Å²) in [4.78, 5) is 22.4. The summed E-state index contributed by atoms with van der Waals surface area (Å²) in [7, 11) is 0. The number of rotatable bonds is 3. The van der Waals surface area contributed by atoms with Gasteiger partial charge in [0, 0.05) is 35.1 Å². The average molecular weight is 481 g/mol. The van der Waals surface area contributed by atoms with E-state index in [-0.39, 0.29) is 5.95 Å². The third-order valence-corrected chi connectivity index (χ3v) is 5.07. The van der Waals surface area contributed by atoms with Gasteiger partial charge in [-0.3, -0.25) is 0 Å². The zero-order valence-electron chi connectivity index (χ0n) is 17.9. The van der Waals surface area contributed by atoms with Crippen molar-refractivity contribution in [1.29, 1.82) is 0 Å². The van der Waals surface area contributed by atoms with Crippen LogP contribution in [0.1, 0.15) is 18.5 Å². The van der Waals surface area contributed by atoms with E-state index in [9.17, 15) is 8.78 Å². The molecule has 0 saturated carbocycles. The number of nitrogens with one attached hydrogen (secondary N) is 1. The van der Waals surface area contributed by atoms with Crippen molar-refractivity contribution in [2.24, 2.45) is 5.73 Å². The Morgan fingerprint density at radius 2 is 1.62 bits per heavy atom. The lowest BCUT2D eigenvalue weighted by atomic mass is 9.89. The lowest BCUT2D eigenvalue weighted by Crippen LogP contribution is -2.08. The summed E-state index contributed by atoms with van der Waals surface area (Å²) in [6.45, 7) is 1.77. The third kappa shape index (κ3) is 5.13. The van der Waals surface area contributed by atoms with Gasteiger partial charge in [-0.25, -0.2) is 33.7 Å². The Bertz CT molecular complexity index is 1390. The van der Waals surface area contributed by atoms with Gasteiger partial charge in [0.1, 0.15) is 23.5 Å². The van der Waals surface area contributed by atoms with Crippen molar-refractivity contribution in [2.45, 2.75) is 13.0 Å². The van der Waals surface area contributed by atoms with Gasteiger partial charge in [0.05, 0.1) is 12.5 Å². The molecule has 172 valence electrons. The smallest absolute Gasteiger partial charge is 0.219 e. The number of aromatic amines is 1. The minimum Gasteiger partial charge on any atom is -0.368 e. The van der Waals surface area contributed by atoms with Crippen LogP contribution in [0.5, 0.6) is 0 Å². The molecule has 0 fully saturated rings. The zero-order valence-corrected chi connectivity index (χ0v) is 18.6. The summed E-state index contributed by atoms with van der Waals surface area (Å²) in [5, 5.41) is 0.444. The molecular weight excluding hydrogens is 462 g/mol. The van der Waals surface area contributed by atoms with Crippen LogP contribution < -0.4 is 11.5 Å². The van der Waals surface area contributed by atoms with Gasteiger partial charge in [-0.2, -0.15) is 0 Å². The van der Waals surface area contributed by atoms with Crippen LogP contribution in [0, 0.1) is 11.6 Å². The highest BCUT2D eigenvalue weighted by molar-refractivity contribution is 6.31. The summed E-state index contributed by atoms with van der Waals surface area (Å²) in [5.74, 6) is -1.24. The van der Waals surface area contributed by atoms with E-state index < -0.39 is 17.7 Å². The number of nitrogens with two attached hydrogens (primary N) is 2. The maximum atomic E-state index is 13.8. The molecule has 0 amide bonds. The van der Waals surface area contributed by atoms with Gasteiger partial charge in [0.2, 0.25) is 5.95 Å². The number of nitrogen functional groups attached to an aromatic ring is 1. The highest BCUT2D eigenvalue weighted by atomic mass is 35.5. The topological polar surface area (TPSA) is 132 Å². The first-order chi connectivity index (χ1) is 16.3. The summed E-state index contributed by atoms with van der Waals surface area (Å²) in [6, 6.07) is 6.27. The van der Waals surface area contributed by atoms with Crippen molar-refractivity contribution in [3.8, 4) is 22.3 Å². The van der Waals surface area contributed by atoms with E-state index in [0.29, 0.717) is 32.8 Å². The van der Waals surface area contributed by atoms with Crippen LogP contribution in [-0.2, 0) is 0 Å². The van der Waals surface area contributed by atoms with Crippen LogP contribution in [0.25, 0.3) is 33.4 Å². The highest BCUT2D eigenvalue weighted by Gasteiger charge is 2.18. The zero-order chi connectivity index (χ0) is 24.2. The Balaban J connectivity index is 0.000000252. The van der Waals surface area contributed by atoms with Crippen LogP contribution in [0.4, 0.5) is 14.7 Å². The Morgan fingerprint density at radius 3 is 2.26 bits per heavy atom. The maximum Gasteiger partial charge on any atom is 0.219 e. The predicted octanol–water partition coefficient (Wildman–Crippen LogP) is 4.70. The van der Waals surface area contributed by atoms with Gasteiger partial charge in [-0.1, -0.05) is 11.6 Å². The lowest BCUT2D eigenvalue weighted by molar-refractivity contribution is 0.584. The van der Waals surface area contributed by atoms with Crippen LogP contribution in [0.3, 0.4) is 0 Å². The number of hydrogen-bond acceptors (Lipinski definition) is 7. The van der Waals surface area contributed by atoms with Crippen molar-refractivity contribution in [3.63, 3.8) is 0 Å². The Kier molecular flexibility index (Phi) is 6.71. The molecule has 0 bridgehead atoms. The van der Waals surface area contributed by atoms with Gasteiger partial charge in [-0.05, 0) is 53.4 Å². The summed E-state index contributed by atoms with van der Waals surface area (Å²) < 4.78 is 27.5. The van der Waals surface area contributed by atoms with Crippen molar-refractivity contribution < 1.29 is 8.78 Å². The lowest BCUT2D eigenvalue weighted by Gasteiger charge is -2.19. The molecule has 3 heterocycles. The van der Waals surface area contributed by atoms with E-state index in [4.69, 9.17) is 23.1 Å². The molecule has 34 heavy (non-hydrogen) atoms. The molecule has 0 aliphatic carbocycles. The first-order valence-electron chi connectivity index (χ1n) is 10.0. The molecule has 2 aromatic carbocycles. The summed E-state index contributed by atoms with van der Waals surface area (Å²) in [6.07, 6.45) is 7.80. The number of nitrogens with zero attached hydrogens (tertiary/aromatic N) is 5.